The molecule has 1 atom stereocenters. The van der Waals surface area contributed by atoms with Gasteiger partial charge in [0.2, 0.25) is 5.95 Å². The number of methoxy groups -OCH3 is 1. The molecular weight excluding hydrogens is 398 g/mol. The molecule has 0 spiro atoms. The van der Waals surface area contributed by atoms with Crippen LogP contribution in [0.5, 0.6) is 11.5 Å². The zero-order chi connectivity index (χ0) is 21.4. The molecule has 1 fully saturated rings. The second-order valence-corrected chi connectivity index (χ2v) is 7.45. The molecule has 31 heavy (non-hydrogen) atoms. The first-order valence-electron chi connectivity index (χ1n) is 10.1. The number of aromatic nitrogens is 5. The fourth-order valence-corrected chi connectivity index (χ4v) is 3.91. The van der Waals surface area contributed by atoms with Crippen molar-refractivity contribution >= 4 is 23.1 Å². The summed E-state index contributed by atoms with van der Waals surface area (Å²) < 4.78 is 8.78. The Balaban J connectivity index is 1.47. The number of anilines is 3. The molecule has 1 aliphatic rings. The number of phenols is 1. The van der Waals surface area contributed by atoms with Gasteiger partial charge in [0.05, 0.1) is 31.6 Å². The van der Waals surface area contributed by atoms with Gasteiger partial charge in [0.25, 0.3) is 0 Å². The molecule has 3 aromatic heterocycles. The molecule has 5 rings (SSSR count). The molecule has 4 aromatic rings. The van der Waals surface area contributed by atoms with E-state index in [1.54, 1.807) is 34.7 Å². The maximum Gasteiger partial charge on any atom is 0.245 e. The maximum atomic E-state index is 9.93. The van der Waals surface area contributed by atoms with Crippen LogP contribution < -0.4 is 15.0 Å². The van der Waals surface area contributed by atoms with Gasteiger partial charge in [0.1, 0.15) is 29.2 Å². The average molecular weight is 421 g/mol. The van der Waals surface area contributed by atoms with E-state index in [2.05, 4.69) is 15.4 Å². The maximum absolute atomic E-state index is 9.93. The number of rotatable bonds is 6. The van der Waals surface area contributed by atoms with Gasteiger partial charge in [-0.1, -0.05) is 0 Å². The Morgan fingerprint density at radius 3 is 3.03 bits per heavy atom. The minimum absolute atomic E-state index is 0.0285. The number of nitrogens with zero attached hydrogens (tertiary/aromatic N) is 6. The Labute approximate surface area is 178 Å². The third-order valence-corrected chi connectivity index (χ3v) is 5.46. The van der Waals surface area contributed by atoms with Crippen LogP contribution in [0.25, 0.3) is 11.2 Å². The Morgan fingerprint density at radius 2 is 2.19 bits per heavy atom. The predicted octanol–water partition coefficient (Wildman–Crippen LogP) is 2.33. The third-order valence-electron chi connectivity index (χ3n) is 5.46. The molecule has 0 bridgehead atoms. The lowest BCUT2D eigenvalue weighted by Crippen LogP contribution is -2.34. The molecule has 0 radical (unpaired) electrons. The largest absolute Gasteiger partial charge is 0.508 e. The van der Waals surface area contributed by atoms with Crippen molar-refractivity contribution in [1.29, 1.82) is 0 Å². The number of hydrogen-bond donors (Lipinski definition) is 3. The standard InChI is InChI=1S/C21H23N7O3/c1-31-17-9-15(8-16(30)10-17)26-11-19(22-13-26)23-20-18-5-3-7-28(18)25-21(24-20)27-6-2-4-14(27)12-29/h3,5,7-11,13-14,29-30H,2,4,6,12H2,1H3,(H,23,24,25)/t14-/m0/s1. The predicted molar refractivity (Wildman–Crippen MR) is 116 cm³/mol. The Kier molecular flexibility index (Phi) is 4.83. The summed E-state index contributed by atoms with van der Waals surface area (Å²) in [6.07, 6.45) is 7.24. The van der Waals surface area contributed by atoms with Crippen molar-refractivity contribution in [2.75, 3.05) is 30.5 Å². The van der Waals surface area contributed by atoms with Gasteiger partial charge in [-0.25, -0.2) is 9.50 Å². The minimum atomic E-state index is 0.0285. The summed E-state index contributed by atoms with van der Waals surface area (Å²) in [6.45, 7) is 0.888. The summed E-state index contributed by atoms with van der Waals surface area (Å²) in [4.78, 5) is 11.2. The van der Waals surface area contributed by atoms with Crippen molar-refractivity contribution in [1.82, 2.24) is 24.1 Å². The summed E-state index contributed by atoms with van der Waals surface area (Å²) in [5, 5.41) is 27.5. The van der Waals surface area contributed by atoms with Gasteiger partial charge >= 0.3 is 0 Å². The molecule has 1 saturated heterocycles. The van der Waals surface area contributed by atoms with Crippen LogP contribution in [-0.2, 0) is 0 Å². The number of nitrogens with one attached hydrogen (secondary N) is 1. The number of ether oxygens (including phenoxy) is 1. The van der Waals surface area contributed by atoms with Crippen molar-refractivity contribution in [3.63, 3.8) is 0 Å². The summed E-state index contributed by atoms with van der Waals surface area (Å²) in [6, 6.07) is 8.84. The first-order chi connectivity index (χ1) is 15.1. The molecule has 0 unspecified atom stereocenters. The molecular formula is C21H23N7O3. The van der Waals surface area contributed by atoms with E-state index in [4.69, 9.17) is 9.72 Å². The number of phenolic OH excluding ortho intramolecular Hbond substituents is 1. The van der Waals surface area contributed by atoms with Crippen molar-refractivity contribution in [2.45, 2.75) is 18.9 Å². The van der Waals surface area contributed by atoms with Gasteiger partial charge in [-0.3, -0.25) is 0 Å². The lowest BCUT2D eigenvalue weighted by atomic mass is 10.2. The van der Waals surface area contributed by atoms with Gasteiger partial charge in [-0.15, -0.1) is 5.10 Å². The van der Waals surface area contributed by atoms with Crippen LogP contribution in [0.4, 0.5) is 17.6 Å². The van der Waals surface area contributed by atoms with Gasteiger partial charge in [0, 0.05) is 30.9 Å². The molecule has 1 aliphatic heterocycles. The zero-order valence-corrected chi connectivity index (χ0v) is 17.0. The number of imidazole rings is 1. The van der Waals surface area contributed by atoms with E-state index < -0.39 is 0 Å². The van der Waals surface area contributed by atoms with Crippen LogP contribution in [0.2, 0.25) is 0 Å². The third kappa shape index (κ3) is 3.61. The number of aliphatic hydroxyl groups excluding tert-OH is 1. The first-order valence-corrected chi connectivity index (χ1v) is 10.1. The molecule has 10 nitrogen and oxygen atoms in total. The summed E-state index contributed by atoms with van der Waals surface area (Å²) in [7, 11) is 1.55. The van der Waals surface area contributed by atoms with Gasteiger partial charge in [-0.05, 0) is 25.0 Å². The molecule has 1 aromatic carbocycles. The zero-order valence-electron chi connectivity index (χ0n) is 17.0. The van der Waals surface area contributed by atoms with Crippen LogP contribution in [0, 0.1) is 0 Å². The number of fused-ring (bicyclic) bond motifs is 1. The molecule has 3 N–H and O–H groups in total. The van der Waals surface area contributed by atoms with E-state index in [1.807, 2.05) is 35.5 Å². The highest BCUT2D eigenvalue weighted by molar-refractivity contribution is 5.73. The summed E-state index contributed by atoms with van der Waals surface area (Å²) in [5.41, 5.74) is 1.54. The van der Waals surface area contributed by atoms with E-state index >= 15 is 0 Å². The van der Waals surface area contributed by atoms with E-state index in [0.29, 0.717) is 23.3 Å². The monoisotopic (exact) mass is 421 g/mol. The number of aromatic hydroxyl groups is 1. The minimum Gasteiger partial charge on any atom is -0.508 e. The van der Waals surface area contributed by atoms with Gasteiger partial charge < -0.3 is 29.7 Å². The normalized spacial score (nSPS) is 16.2. The lowest BCUT2D eigenvalue weighted by Gasteiger charge is -2.23. The lowest BCUT2D eigenvalue weighted by molar-refractivity contribution is 0.265. The fraction of sp³-hybridized carbons (Fsp3) is 0.286. The van der Waals surface area contributed by atoms with Gasteiger partial charge in [0.15, 0.2) is 5.82 Å². The van der Waals surface area contributed by atoms with Crippen LogP contribution in [0.3, 0.4) is 0 Å². The summed E-state index contributed by atoms with van der Waals surface area (Å²) in [5.74, 6) is 2.45. The smallest absolute Gasteiger partial charge is 0.245 e. The van der Waals surface area contributed by atoms with E-state index in [1.165, 1.54) is 0 Å². The van der Waals surface area contributed by atoms with Crippen LogP contribution >= 0.6 is 0 Å². The highest BCUT2D eigenvalue weighted by atomic mass is 16.5. The first kappa shape index (κ1) is 19.2. The van der Waals surface area contributed by atoms with E-state index in [-0.39, 0.29) is 18.4 Å². The van der Waals surface area contributed by atoms with E-state index in [9.17, 15) is 10.2 Å². The topological polar surface area (TPSA) is 113 Å². The molecule has 4 heterocycles. The van der Waals surface area contributed by atoms with Crippen molar-refractivity contribution in [3.8, 4) is 17.2 Å². The van der Waals surface area contributed by atoms with Crippen molar-refractivity contribution in [3.05, 3.63) is 49.1 Å². The quantitative estimate of drug-likeness (QED) is 0.435. The van der Waals surface area contributed by atoms with Crippen LogP contribution in [0.1, 0.15) is 12.8 Å². The second kappa shape index (κ2) is 7.80. The molecule has 10 heteroatoms. The Morgan fingerprint density at radius 1 is 1.29 bits per heavy atom. The van der Waals surface area contributed by atoms with E-state index in [0.717, 1.165) is 30.6 Å². The highest BCUT2D eigenvalue weighted by Crippen LogP contribution is 2.28. The number of aliphatic hydroxyl groups is 1. The average Bonchev–Trinajstić information content (AvgIpc) is 3.53. The Bertz CT molecular complexity index is 1220. The molecule has 0 aliphatic carbocycles. The number of hydrogen-bond acceptors (Lipinski definition) is 8. The van der Waals surface area contributed by atoms with Crippen molar-refractivity contribution in [2.24, 2.45) is 0 Å². The van der Waals surface area contributed by atoms with Gasteiger partial charge in [-0.2, -0.15) is 4.98 Å². The number of benzene rings is 1. The fourth-order valence-electron chi connectivity index (χ4n) is 3.91. The SMILES string of the molecule is COc1cc(O)cc(-n2cnc(Nc3nc(N4CCC[C@H]4CO)nn4cccc34)c2)c1. The second-order valence-electron chi connectivity index (χ2n) is 7.45. The van der Waals surface area contributed by atoms with Crippen LogP contribution in [0.15, 0.2) is 49.1 Å². The van der Waals surface area contributed by atoms with Crippen LogP contribution in [-0.4, -0.2) is 60.7 Å². The molecule has 0 amide bonds. The molecule has 0 saturated carbocycles. The highest BCUT2D eigenvalue weighted by Gasteiger charge is 2.27. The molecule has 160 valence electrons. The Hall–Kier alpha value is -3.79. The summed E-state index contributed by atoms with van der Waals surface area (Å²) >= 11 is 0. The van der Waals surface area contributed by atoms with Crippen molar-refractivity contribution < 1.29 is 14.9 Å².